The topological polar surface area (TPSA) is 132 Å². The smallest absolute Gasteiger partial charge is 0.447 e. The van der Waals surface area contributed by atoms with Crippen molar-refractivity contribution in [2.75, 3.05) is 26.4 Å². The third-order valence-electron chi connectivity index (χ3n) is 5.06. The van der Waals surface area contributed by atoms with Gasteiger partial charge in [0.25, 0.3) is 5.91 Å². The van der Waals surface area contributed by atoms with E-state index in [1.54, 1.807) is 6.08 Å². The van der Waals surface area contributed by atoms with E-state index in [1.807, 2.05) is 58.0 Å². The summed E-state index contributed by atoms with van der Waals surface area (Å²) in [4.78, 5) is 26.7. The predicted octanol–water partition coefficient (Wildman–Crippen LogP) is 1.37. The molecular weight excluding hydrogens is 425 g/mol. The molecule has 0 radical (unpaired) electrons. The van der Waals surface area contributed by atoms with Crippen molar-refractivity contribution >= 4 is 19.1 Å². The second-order valence-corrected chi connectivity index (χ2v) is 9.22. The van der Waals surface area contributed by atoms with Gasteiger partial charge in [0.05, 0.1) is 25.2 Å². The number of carbonyl (C=O) groups excluding carboxylic acids is 2. The molecule has 0 bridgehead atoms. The fraction of sp³-hybridized carbons (Fsp3) is 0.522. The van der Waals surface area contributed by atoms with Gasteiger partial charge in [-0.05, 0) is 24.3 Å². The van der Waals surface area contributed by atoms with Gasteiger partial charge in [0, 0.05) is 6.54 Å². The van der Waals surface area contributed by atoms with Crippen LogP contribution < -0.4 is 5.32 Å². The molecule has 0 unspecified atom stereocenters. The summed E-state index contributed by atoms with van der Waals surface area (Å²) >= 11 is 0. The van der Waals surface area contributed by atoms with E-state index in [-0.39, 0.29) is 37.2 Å². The molecule has 3 N–H and O–H groups in total. The number of nitrogens with one attached hydrogen (secondary N) is 1. The number of nitrogens with zero attached hydrogens (tertiary/aromatic N) is 2. The number of ether oxygens (including phenoxy) is 2. The van der Waals surface area contributed by atoms with Crippen LogP contribution >= 0.6 is 0 Å². The average Bonchev–Trinajstić information content (AvgIpc) is 2.76. The highest BCUT2D eigenvalue weighted by atomic mass is 16.6. The Bertz CT molecular complexity index is 889. The Kier molecular flexibility index (Phi) is 9.47. The summed E-state index contributed by atoms with van der Waals surface area (Å²) in [6.07, 6.45) is 0.977. The largest absolute Gasteiger partial charge is 0.475 e. The zero-order chi connectivity index (χ0) is 24.6. The monoisotopic (exact) mass is 457 g/mol. The Morgan fingerprint density at radius 1 is 1.36 bits per heavy atom. The van der Waals surface area contributed by atoms with Crippen LogP contribution in [0.5, 0.6) is 0 Å². The first-order chi connectivity index (χ1) is 15.5. The van der Waals surface area contributed by atoms with Crippen LogP contribution in [0.1, 0.15) is 31.9 Å². The van der Waals surface area contributed by atoms with Gasteiger partial charge < -0.3 is 29.7 Å². The molecule has 0 spiro atoms. The zero-order valence-corrected chi connectivity index (χ0v) is 19.6. The van der Waals surface area contributed by atoms with Crippen molar-refractivity contribution in [1.29, 1.82) is 5.26 Å². The summed E-state index contributed by atoms with van der Waals surface area (Å²) in [6, 6.07) is 8.88. The molecular formula is C23H32BN3O6. The van der Waals surface area contributed by atoms with Crippen LogP contribution in [0.15, 0.2) is 35.9 Å². The highest BCUT2D eigenvalue weighted by Gasteiger charge is 2.32. The van der Waals surface area contributed by atoms with Gasteiger partial charge in [-0.15, -0.1) is 0 Å². The lowest BCUT2D eigenvalue weighted by molar-refractivity contribution is -0.137. The second kappa shape index (κ2) is 11.8. The van der Waals surface area contributed by atoms with E-state index in [0.29, 0.717) is 6.61 Å². The minimum Gasteiger partial charge on any atom is -0.447 e. The quantitative estimate of drug-likeness (QED) is 0.320. The normalized spacial score (nSPS) is 17.7. The Morgan fingerprint density at radius 3 is 2.61 bits per heavy atom. The minimum atomic E-state index is -1.78. The first kappa shape index (κ1) is 26.4. The van der Waals surface area contributed by atoms with Gasteiger partial charge in [0.2, 0.25) is 0 Å². The van der Waals surface area contributed by atoms with Crippen LogP contribution in [0.4, 0.5) is 4.79 Å². The van der Waals surface area contributed by atoms with Crippen molar-refractivity contribution in [2.45, 2.75) is 46.1 Å². The fourth-order valence-corrected chi connectivity index (χ4v) is 3.36. The van der Waals surface area contributed by atoms with E-state index in [1.165, 1.54) is 4.90 Å². The van der Waals surface area contributed by atoms with Crippen molar-refractivity contribution in [3.63, 3.8) is 0 Å². The molecule has 1 aliphatic rings. The third-order valence-corrected chi connectivity index (χ3v) is 5.06. The molecule has 0 aliphatic carbocycles. The van der Waals surface area contributed by atoms with Crippen LogP contribution in [0, 0.1) is 23.7 Å². The molecule has 178 valence electrons. The number of hydrogen-bond donors (Lipinski definition) is 3. The molecule has 1 fully saturated rings. The SMILES string of the molecule is Cc1ccc(C[C@H](NC(=O)OC[C@H]2COCCN2C(=O)C(C#N)=CC(C)(C)C)B(O)O)cc1. The fourth-order valence-electron chi connectivity index (χ4n) is 3.36. The Hall–Kier alpha value is -2.87. The molecule has 1 heterocycles. The summed E-state index contributed by atoms with van der Waals surface area (Å²) in [5, 5.41) is 31.2. The lowest BCUT2D eigenvalue weighted by Crippen LogP contribution is -2.53. The van der Waals surface area contributed by atoms with E-state index in [2.05, 4.69) is 5.32 Å². The predicted molar refractivity (Wildman–Crippen MR) is 123 cm³/mol. The Labute approximate surface area is 195 Å². The van der Waals surface area contributed by atoms with Crippen LogP contribution in [0.25, 0.3) is 0 Å². The van der Waals surface area contributed by atoms with Gasteiger partial charge in [0.15, 0.2) is 0 Å². The van der Waals surface area contributed by atoms with E-state index >= 15 is 0 Å². The summed E-state index contributed by atoms with van der Waals surface area (Å²) in [6.45, 7) is 8.20. The maximum atomic E-state index is 12.9. The molecule has 0 saturated carbocycles. The zero-order valence-electron chi connectivity index (χ0n) is 19.6. The average molecular weight is 457 g/mol. The van der Waals surface area contributed by atoms with Crippen molar-refractivity contribution in [3.8, 4) is 6.07 Å². The summed E-state index contributed by atoms with van der Waals surface area (Å²) in [5.41, 5.74) is 1.57. The first-order valence-electron chi connectivity index (χ1n) is 10.9. The molecule has 1 aliphatic heterocycles. The Morgan fingerprint density at radius 2 is 2.03 bits per heavy atom. The van der Waals surface area contributed by atoms with Crippen molar-refractivity contribution in [2.24, 2.45) is 5.41 Å². The molecule has 2 atom stereocenters. The van der Waals surface area contributed by atoms with E-state index < -0.39 is 31.1 Å². The number of hydrogen-bond acceptors (Lipinski definition) is 7. The van der Waals surface area contributed by atoms with Gasteiger partial charge in [-0.3, -0.25) is 4.79 Å². The standard InChI is InChI=1S/C23H32BN3O6/c1-16-5-7-17(8-6-16)11-20(24(30)31)26-22(29)33-15-19-14-32-10-9-27(19)21(28)18(13-25)12-23(2,3)4/h5-8,12,19-20,30-31H,9-11,14-15H2,1-4H3,(H,26,29)/t19-,20+/m1/s1. The summed E-state index contributed by atoms with van der Waals surface area (Å²) in [5.74, 6) is -1.41. The number of allylic oxidation sites excluding steroid dienone is 1. The number of benzene rings is 1. The van der Waals surface area contributed by atoms with Gasteiger partial charge in [-0.2, -0.15) is 5.26 Å². The molecule has 0 aromatic heterocycles. The van der Waals surface area contributed by atoms with E-state index in [4.69, 9.17) is 9.47 Å². The van der Waals surface area contributed by atoms with Crippen molar-refractivity contribution in [3.05, 3.63) is 47.0 Å². The van der Waals surface area contributed by atoms with E-state index in [0.717, 1.165) is 11.1 Å². The van der Waals surface area contributed by atoms with Gasteiger partial charge in [0.1, 0.15) is 18.2 Å². The molecule has 9 nitrogen and oxygen atoms in total. The minimum absolute atomic E-state index is 0.0282. The van der Waals surface area contributed by atoms with Gasteiger partial charge in [-0.1, -0.05) is 56.7 Å². The maximum Gasteiger partial charge on any atom is 0.475 e. The van der Waals surface area contributed by atoms with Gasteiger partial charge >= 0.3 is 13.2 Å². The van der Waals surface area contributed by atoms with Crippen LogP contribution in [0.2, 0.25) is 0 Å². The molecule has 2 amide bonds. The number of rotatable bonds is 7. The summed E-state index contributed by atoms with van der Waals surface area (Å²) in [7, 11) is -1.78. The number of nitriles is 1. The van der Waals surface area contributed by atoms with Crippen LogP contribution in [-0.4, -0.2) is 72.4 Å². The second-order valence-electron chi connectivity index (χ2n) is 9.22. The lowest BCUT2D eigenvalue weighted by Gasteiger charge is -2.35. The van der Waals surface area contributed by atoms with Crippen LogP contribution in [0.3, 0.4) is 0 Å². The molecule has 1 saturated heterocycles. The van der Waals surface area contributed by atoms with Crippen molar-refractivity contribution in [1.82, 2.24) is 10.2 Å². The number of aryl methyl sites for hydroxylation is 1. The number of carbonyl (C=O) groups is 2. The number of amides is 2. The third kappa shape index (κ3) is 8.53. The number of morpholine rings is 1. The highest BCUT2D eigenvalue weighted by Crippen LogP contribution is 2.20. The highest BCUT2D eigenvalue weighted by molar-refractivity contribution is 6.43. The molecule has 2 rings (SSSR count). The van der Waals surface area contributed by atoms with Crippen molar-refractivity contribution < 1.29 is 29.1 Å². The molecule has 33 heavy (non-hydrogen) atoms. The number of alkyl carbamates (subject to hydrolysis) is 1. The Balaban J connectivity index is 1.99. The van der Waals surface area contributed by atoms with Gasteiger partial charge in [-0.25, -0.2) is 4.79 Å². The molecule has 1 aromatic carbocycles. The molecule has 1 aromatic rings. The lowest BCUT2D eigenvalue weighted by atomic mass is 9.76. The molecule has 10 heteroatoms. The maximum absolute atomic E-state index is 12.9. The van der Waals surface area contributed by atoms with E-state index in [9.17, 15) is 24.9 Å². The summed E-state index contributed by atoms with van der Waals surface area (Å²) < 4.78 is 10.7. The van der Waals surface area contributed by atoms with Crippen LogP contribution in [-0.2, 0) is 20.7 Å². The first-order valence-corrected chi connectivity index (χ1v) is 10.9.